The van der Waals surface area contributed by atoms with Crippen LogP contribution in [0.1, 0.15) is 0 Å². The molecule has 0 saturated heterocycles. The summed E-state index contributed by atoms with van der Waals surface area (Å²) in [5, 5.41) is 0. The molecule has 0 aliphatic carbocycles. The molecule has 18 heavy (non-hydrogen) atoms. The molecule has 0 saturated carbocycles. The van der Waals surface area contributed by atoms with Crippen LogP contribution < -0.4 is 4.74 Å². The molecule has 3 heterocycles. The van der Waals surface area contributed by atoms with Crippen LogP contribution in [0.2, 0.25) is 0 Å². The van der Waals surface area contributed by atoms with Gasteiger partial charge in [-0.1, -0.05) is 6.07 Å². The molecule has 0 aromatic carbocycles. The third kappa shape index (κ3) is 1.97. The van der Waals surface area contributed by atoms with Gasteiger partial charge >= 0.3 is 0 Å². The summed E-state index contributed by atoms with van der Waals surface area (Å²) in [5.74, 6) is 0.800. The maximum atomic E-state index is 5.18. The van der Waals surface area contributed by atoms with Crippen molar-refractivity contribution in [3.63, 3.8) is 0 Å². The number of ether oxygens (including phenoxy) is 1. The van der Waals surface area contributed by atoms with E-state index < -0.39 is 0 Å². The largest absolute Gasteiger partial charge is 0.495 e. The monoisotopic (exact) mass is 303 g/mol. The molecule has 3 rings (SSSR count). The minimum absolute atomic E-state index is 0.800. The van der Waals surface area contributed by atoms with Crippen LogP contribution in [0.3, 0.4) is 0 Å². The second-order valence-corrected chi connectivity index (χ2v) is 4.62. The molecule has 0 aliphatic rings. The number of aromatic nitrogens is 3. The summed E-state index contributed by atoms with van der Waals surface area (Å²) in [5.41, 5.74) is 2.55. The molecular formula is C13H10BrN3O. The van der Waals surface area contributed by atoms with Crippen LogP contribution in [0.5, 0.6) is 5.75 Å². The summed E-state index contributed by atoms with van der Waals surface area (Å²) in [6.07, 6.45) is 3.83. The predicted molar refractivity (Wildman–Crippen MR) is 72.7 cm³/mol. The van der Waals surface area contributed by atoms with E-state index in [2.05, 4.69) is 25.9 Å². The van der Waals surface area contributed by atoms with Gasteiger partial charge in [0, 0.05) is 6.20 Å². The van der Waals surface area contributed by atoms with E-state index in [9.17, 15) is 0 Å². The highest BCUT2D eigenvalue weighted by Crippen LogP contribution is 2.20. The van der Waals surface area contributed by atoms with Gasteiger partial charge in [0.1, 0.15) is 21.7 Å². The summed E-state index contributed by atoms with van der Waals surface area (Å²) in [6.45, 7) is 0. The Balaban J connectivity index is 2.13. The molecule has 0 aliphatic heterocycles. The zero-order valence-corrected chi connectivity index (χ0v) is 11.3. The second-order valence-electron chi connectivity index (χ2n) is 3.81. The molecule has 90 valence electrons. The second kappa shape index (κ2) is 4.42. The van der Waals surface area contributed by atoms with Gasteiger partial charge in [-0.15, -0.1) is 0 Å². The molecule has 0 atom stereocenters. The van der Waals surface area contributed by atoms with E-state index in [1.54, 1.807) is 7.11 Å². The smallest absolute Gasteiger partial charge is 0.137 e. The normalized spacial score (nSPS) is 10.8. The Morgan fingerprint density at radius 2 is 1.94 bits per heavy atom. The van der Waals surface area contributed by atoms with Gasteiger partial charge in [0.25, 0.3) is 0 Å². The van der Waals surface area contributed by atoms with Gasteiger partial charge < -0.3 is 9.14 Å². The Hall–Kier alpha value is -1.88. The first-order valence-corrected chi connectivity index (χ1v) is 6.21. The highest BCUT2D eigenvalue weighted by Gasteiger charge is 2.06. The van der Waals surface area contributed by atoms with Crippen LogP contribution in [-0.2, 0) is 0 Å². The standard InChI is InChI=1S/C13H10BrN3O/c1-18-9-5-6-13-16-11(8-17(13)7-9)10-3-2-4-12(14)15-10/h2-8H,1H3. The molecular weight excluding hydrogens is 294 g/mol. The number of hydrogen-bond donors (Lipinski definition) is 0. The van der Waals surface area contributed by atoms with Crippen LogP contribution in [0.15, 0.2) is 47.3 Å². The molecule has 0 radical (unpaired) electrons. The molecule has 3 aromatic rings. The van der Waals surface area contributed by atoms with Gasteiger partial charge in [0.15, 0.2) is 0 Å². The van der Waals surface area contributed by atoms with E-state index in [1.165, 1.54) is 0 Å². The van der Waals surface area contributed by atoms with Crippen LogP contribution in [0, 0.1) is 0 Å². The highest BCUT2D eigenvalue weighted by molar-refractivity contribution is 9.10. The number of imidazole rings is 1. The van der Waals surface area contributed by atoms with E-state index in [0.717, 1.165) is 27.4 Å². The number of rotatable bonds is 2. The van der Waals surface area contributed by atoms with Gasteiger partial charge in [0.05, 0.1) is 19.0 Å². The maximum absolute atomic E-state index is 5.18. The van der Waals surface area contributed by atoms with Crippen molar-refractivity contribution in [1.29, 1.82) is 0 Å². The van der Waals surface area contributed by atoms with Crippen LogP contribution in [-0.4, -0.2) is 21.5 Å². The third-order valence-corrected chi connectivity index (χ3v) is 3.08. The van der Waals surface area contributed by atoms with Crippen molar-refractivity contribution in [2.75, 3.05) is 7.11 Å². The topological polar surface area (TPSA) is 39.4 Å². The van der Waals surface area contributed by atoms with E-state index in [-0.39, 0.29) is 0 Å². The Labute approximate surface area is 112 Å². The van der Waals surface area contributed by atoms with Crippen molar-refractivity contribution in [3.8, 4) is 17.1 Å². The lowest BCUT2D eigenvalue weighted by atomic mass is 10.3. The molecule has 0 unspecified atom stereocenters. The number of fused-ring (bicyclic) bond motifs is 1. The lowest BCUT2D eigenvalue weighted by Gasteiger charge is -1.98. The van der Waals surface area contributed by atoms with Crippen molar-refractivity contribution in [2.45, 2.75) is 0 Å². The maximum Gasteiger partial charge on any atom is 0.137 e. The van der Waals surface area contributed by atoms with Gasteiger partial charge in [-0.05, 0) is 40.2 Å². The molecule has 0 spiro atoms. The van der Waals surface area contributed by atoms with Crippen molar-refractivity contribution in [1.82, 2.24) is 14.4 Å². The van der Waals surface area contributed by atoms with Crippen molar-refractivity contribution in [2.24, 2.45) is 0 Å². The summed E-state index contributed by atoms with van der Waals surface area (Å²) in [7, 11) is 1.65. The van der Waals surface area contributed by atoms with Crippen LogP contribution in [0.25, 0.3) is 17.0 Å². The van der Waals surface area contributed by atoms with Crippen molar-refractivity contribution >= 4 is 21.6 Å². The molecule has 0 amide bonds. The SMILES string of the molecule is COc1ccc2nc(-c3cccc(Br)n3)cn2c1. The van der Waals surface area contributed by atoms with Gasteiger partial charge in [-0.2, -0.15) is 0 Å². The van der Waals surface area contributed by atoms with Gasteiger partial charge in [0.2, 0.25) is 0 Å². The van der Waals surface area contributed by atoms with Crippen LogP contribution in [0.4, 0.5) is 0 Å². The lowest BCUT2D eigenvalue weighted by molar-refractivity contribution is 0.412. The van der Waals surface area contributed by atoms with E-state index in [4.69, 9.17) is 4.74 Å². The summed E-state index contributed by atoms with van der Waals surface area (Å²) < 4.78 is 7.91. The third-order valence-electron chi connectivity index (χ3n) is 2.64. The molecule has 0 N–H and O–H groups in total. The van der Waals surface area contributed by atoms with Crippen molar-refractivity contribution < 1.29 is 4.74 Å². The molecule has 0 bridgehead atoms. The fourth-order valence-corrected chi connectivity index (χ4v) is 2.11. The van der Waals surface area contributed by atoms with E-state index in [1.807, 2.05) is 47.1 Å². The summed E-state index contributed by atoms with van der Waals surface area (Å²) in [6, 6.07) is 9.57. The van der Waals surface area contributed by atoms with Crippen molar-refractivity contribution in [3.05, 3.63) is 47.3 Å². The van der Waals surface area contributed by atoms with E-state index >= 15 is 0 Å². The average molecular weight is 304 g/mol. The Morgan fingerprint density at radius 1 is 1.06 bits per heavy atom. The first kappa shape index (κ1) is 11.2. The number of methoxy groups -OCH3 is 1. The lowest BCUT2D eigenvalue weighted by Crippen LogP contribution is -1.86. The predicted octanol–water partition coefficient (Wildman–Crippen LogP) is 3.17. The Kier molecular flexibility index (Phi) is 2.76. The first-order chi connectivity index (χ1) is 8.76. The molecule has 3 aromatic heterocycles. The average Bonchev–Trinajstić information content (AvgIpc) is 2.81. The molecule has 4 nitrogen and oxygen atoms in total. The summed E-state index contributed by atoms with van der Waals surface area (Å²) in [4.78, 5) is 8.91. The van der Waals surface area contributed by atoms with Gasteiger partial charge in [-0.3, -0.25) is 0 Å². The minimum atomic E-state index is 0.800. The number of nitrogens with zero attached hydrogens (tertiary/aromatic N) is 3. The quantitative estimate of drug-likeness (QED) is 0.683. The zero-order valence-electron chi connectivity index (χ0n) is 9.67. The fraction of sp³-hybridized carbons (Fsp3) is 0.0769. The molecule has 5 heteroatoms. The summed E-state index contributed by atoms with van der Waals surface area (Å²) >= 11 is 3.36. The van der Waals surface area contributed by atoms with Crippen LogP contribution >= 0.6 is 15.9 Å². The fourth-order valence-electron chi connectivity index (χ4n) is 1.77. The molecule has 0 fully saturated rings. The first-order valence-electron chi connectivity index (χ1n) is 5.42. The Morgan fingerprint density at radius 3 is 2.72 bits per heavy atom. The number of hydrogen-bond acceptors (Lipinski definition) is 3. The highest BCUT2D eigenvalue weighted by atomic mass is 79.9. The number of pyridine rings is 2. The van der Waals surface area contributed by atoms with Gasteiger partial charge in [-0.25, -0.2) is 9.97 Å². The minimum Gasteiger partial charge on any atom is -0.495 e. The zero-order chi connectivity index (χ0) is 12.5. The van der Waals surface area contributed by atoms with E-state index in [0.29, 0.717) is 0 Å². The number of halogens is 1. The Bertz CT molecular complexity index is 708.